The summed E-state index contributed by atoms with van der Waals surface area (Å²) in [6, 6.07) is 4.39. The molecule has 0 saturated heterocycles. The summed E-state index contributed by atoms with van der Waals surface area (Å²) in [4.78, 5) is 25.1. The first-order chi connectivity index (χ1) is 8.54. The van der Waals surface area contributed by atoms with Crippen LogP contribution in [0.5, 0.6) is 0 Å². The number of benzene rings is 1. The molecule has 0 unspecified atom stereocenters. The number of nitro groups is 1. The van der Waals surface area contributed by atoms with Gasteiger partial charge in [0.1, 0.15) is 13.7 Å². The Hall–Kier alpha value is -1.04. The molecule has 0 spiro atoms. The topological polar surface area (TPSA) is 78.0 Å². The molecule has 0 bridgehead atoms. The monoisotopic (exact) mass is 469 g/mol. The minimum absolute atomic E-state index is 0.0528. The van der Waals surface area contributed by atoms with Crippen LogP contribution in [0.2, 0.25) is 0 Å². The first kappa shape index (κ1) is 13.4. The lowest BCUT2D eigenvalue weighted by Crippen LogP contribution is -1.99. The SMILES string of the molecule is O=Cc1cc(-n2cnc(I)c2I)ccc1[N+](=O)[O-]. The summed E-state index contributed by atoms with van der Waals surface area (Å²) in [6.07, 6.45) is 2.09. The van der Waals surface area contributed by atoms with Crippen molar-refractivity contribution >= 4 is 57.2 Å². The zero-order chi connectivity index (χ0) is 13.3. The largest absolute Gasteiger partial charge is 0.298 e. The maximum absolute atomic E-state index is 10.9. The summed E-state index contributed by atoms with van der Waals surface area (Å²) in [5, 5.41) is 10.7. The quantitative estimate of drug-likeness (QED) is 0.300. The molecule has 0 radical (unpaired) electrons. The predicted octanol–water partition coefficient (Wildman–Crippen LogP) is 2.80. The minimum atomic E-state index is -0.573. The van der Waals surface area contributed by atoms with Gasteiger partial charge in [-0.3, -0.25) is 19.5 Å². The lowest BCUT2D eigenvalue weighted by atomic mass is 10.2. The highest BCUT2D eigenvalue weighted by Crippen LogP contribution is 2.23. The fraction of sp³-hybridized carbons (Fsp3) is 0. The van der Waals surface area contributed by atoms with Gasteiger partial charge in [0.25, 0.3) is 5.69 Å². The van der Waals surface area contributed by atoms with Crippen LogP contribution in [0.15, 0.2) is 24.5 Å². The number of aldehydes is 1. The molecule has 2 rings (SSSR count). The van der Waals surface area contributed by atoms with Crippen molar-refractivity contribution < 1.29 is 9.72 Å². The summed E-state index contributed by atoms with van der Waals surface area (Å²) in [5.74, 6) is 0. The van der Waals surface area contributed by atoms with Gasteiger partial charge in [-0.2, -0.15) is 0 Å². The van der Waals surface area contributed by atoms with Gasteiger partial charge in [0, 0.05) is 11.8 Å². The van der Waals surface area contributed by atoms with Crippen molar-refractivity contribution in [3.8, 4) is 5.69 Å². The third-order valence-electron chi connectivity index (χ3n) is 2.28. The molecule has 6 nitrogen and oxygen atoms in total. The number of imidazole rings is 1. The molecule has 0 atom stereocenters. The van der Waals surface area contributed by atoms with Gasteiger partial charge in [-0.15, -0.1) is 0 Å². The average Bonchev–Trinajstić information content (AvgIpc) is 2.69. The van der Waals surface area contributed by atoms with Crippen molar-refractivity contribution in [3.63, 3.8) is 0 Å². The Morgan fingerprint density at radius 3 is 2.61 bits per heavy atom. The summed E-state index contributed by atoms with van der Waals surface area (Å²) >= 11 is 4.21. The Kier molecular flexibility index (Phi) is 3.94. The third kappa shape index (κ3) is 2.39. The predicted molar refractivity (Wildman–Crippen MR) is 81.0 cm³/mol. The van der Waals surface area contributed by atoms with Crippen LogP contribution in [0, 0.1) is 17.5 Å². The normalized spacial score (nSPS) is 10.3. The maximum Gasteiger partial charge on any atom is 0.280 e. The van der Waals surface area contributed by atoms with Crippen molar-refractivity contribution in [2.24, 2.45) is 0 Å². The van der Waals surface area contributed by atoms with E-state index in [2.05, 4.69) is 50.2 Å². The lowest BCUT2D eigenvalue weighted by Gasteiger charge is -2.05. The van der Waals surface area contributed by atoms with Crippen LogP contribution >= 0.6 is 45.2 Å². The molecule has 1 aromatic heterocycles. The van der Waals surface area contributed by atoms with E-state index in [0.29, 0.717) is 12.0 Å². The van der Waals surface area contributed by atoms with Crippen molar-refractivity contribution in [1.82, 2.24) is 9.55 Å². The number of hydrogen-bond acceptors (Lipinski definition) is 4. The summed E-state index contributed by atoms with van der Waals surface area (Å²) < 4.78 is 3.48. The number of halogens is 2. The van der Waals surface area contributed by atoms with E-state index in [1.807, 2.05) is 0 Å². The highest BCUT2D eigenvalue weighted by Gasteiger charge is 2.15. The molecule has 1 aromatic carbocycles. The highest BCUT2D eigenvalue weighted by molar-refractivity contribution is 14.1. The van der Waals surface area contributed by atoms with E-state index >= 15 is 0 Å². The molecule has 0 aliphatic heterocycles. The van der Waals surface area contributed by atoms with Gasteiger partial charge in [0.15, 0.2) is 6.29 Å². The Bertz CT molecular complexity index is 639. The zero-order valence-corrected chi connectivity index (χ0v) is 13.0. The second kappa shape index (κ2) is 5.30. The third-order valence-corrected chi connectivity index (χ3v) is 5.13. The molecule has 0 saturated carbocycles. The number of aromatic nitrogens is 2. The van der Waals surface area contributed by atoms with Crippen LogP contribution < -0.4 is 0 Å². The maximum atomic E-state index is 10.9. The van der Waals surface area contributed by atoms with Crippen LogP contribution in [0.1, 0.15) is 10.4 Å². The lowest BCUT2D eigenvalue weighted by molar-refractivity contribution is -0.385. The molecule has 8 heteroatoms. The van der Waals surface area contributed by atoms with E-state index in [1.54, 1.807) is 17.0 Å². The van der Waals surface area contributed by atoms with Crippen molar-refractivity contribution in [2.45, 2.75) is 0 Å². The van der Waals surface area contributed by atoms with Crippen LogP contribution in [0.4, 0.5) is 5.69 Å². The van der Waals surface area contributed by atoms with Gasteiger partial charge in [0.05, 0.1) is 10.5 Å². The van der Waals surface area contributed by atoms with E-state index < -0.39 is 4.92 Å². The molecule has 1 heterocycles. The summed E-state index contributed by atoms with van der Waals surface area (Å²) in [7, 11) is 0. The van der Waals surface area contributed by atoms with Crippen LogP contribution in [-0.4, -0.2) is 20.8 Å². The second-order valence-corrected chi connectivity index (χ2v) is 5.36. The second-order valence-electron chi connectivity index (χ2n) is 3.31. The number of hydrogen-bond donors (Lipinski definition) is 0. The Morgan fingerprint density at radius 1 is 1.39 bits per heavy atom. The number of nitrogens with zero attached hydrogens (tertiary/aromatic N) is 3. The molecular formula is C10H5I2N3O3. The smallest absolute Gasteiger partial charge is 0.280 e. The molecule has 0 fully saturated rings. The van der Waals surface area contributed by atoms with Crippen LogP contribution in [0.3, 0.4) is 0 Å². The Labute approximate surface area is 129 Å². The summed E-state index contributed by atoms with van der Waals surface area (Å²) in [5.41, 5.74) is 0.526. The van der Waals surface area contributed by atoms with E-state index in [1.165, 1.54) is 12.1 Å². The Morgan fingerprint density at radius 2 is 2.11 bits per heavy atom. The van der Waals surface area contributed by atoms with Crippen molar-refractivity contribution in [1.29, 1.82) is 0 Å². The standard InChI is InChI=1S/C10H5I2N3O3/c11-9-10(12)14(5-13-9)7-1-2-8(15(17)18)6(3-7)4-16/h1-5H. The molecular weight excluding hydrogens is 464 g/mol. The van der Waals surface area contributed by atoms with Gasteiger partial charge in [-0.05, 0) is 57.3 Å². The van der Waals surface area contributed by atoms with Crippen LogP contribution in [0.25, 0.3) is 5.69 Å². The van der Waals surface area contributed by atoms with E-state index in [-0.39, 0.29) is 11.3 Å². The minimum Gasteiger partial charge on any atom is -0.298 e. The molecule has 2 aromatic rings. The van der Waals surface area contributed by atoms with Gasteiger partial charge < -0.3 is 0 Å². The zero-order valence-electron chi connectivity index (χ0n) is 8.71. The molecule has 0 aliphatic rings. The van der Waals surface area contributed by atoms with E-state index in [0.717, 1.165) is 7.40 Å². The van der Waals surface area contributed by atoms with Gasteiger partial charge >= 0.3 is 0 Å². The number of nitro benzene ring substituents is 1. The number of rotatable bonds is 3. The fourth-order valence-corrected chi connectivity index (χ4v) is 2.37. The fourth-order valence-electron chi connectivity index (χ4n) is 1.44. The van der Waals surface area contributed by atoms with E-state index in [9.17, 15) is 14.9 Å². The van der Waals surface area contributed by atoms with E-state index in [4.69, 9.17) is 0 Å². The van der Waals surface area contributed by atoms with Gasteiger partial charge in [-0.1, -0.05) is 0 Å². The summed E-state index contributed by atoms with van der Waals surface area (Å²) in [6.45, 7) is 0. The number of carbonyl (C=O) groups is 1. The molecule has 0 N–H and O–H groups in total. The van der Waals surface area contributed by atoms with Crippen molar-refractivity contribution in [3.05, 3.63) is 47.6 Å². The van der Waals surface area contributed by atoms with Crippen molar-refractivity contribution in [2.75, 3.05) is 0 Å². The average molecular weight is 469 g/mol. The highest BCUT2D eigenvalue weighted by atomic mass is 127. The molecule has 18 heavy (non-hydrogen) atoms. The molecule has 0 aliphatic carbocycles. The Balaban J connectivity index is 2.57. The van der Waals surface area contributed by atoms with Gasteiger partial charge in [0.2, 0.25) is 0 Å². The van der Waals surface area contributed by atoms with Gasteiger partial charge in [-0.25, -0.2) is 4.98 Å². The van der Waals surface area contributed by atoms with Crippen LogP contribution in [-0.2, 0) is 0 Å². The molecule has 0 amide bonds. The first-order valence-electron chi connectivity index (χ1n) is 4.67. The first-order valence-corrected chi connectivity index (χ1v) is 6.82. The number of carbonyl (C=O) groups excluding carboxylic acids is 1. The molecule has 92 valence electrons.